The van der Waals surface area contributed by atoms with E-state index >= 15 is 0 Å². The summed E-state index contributed by atoms with van der Waals surface area (Å²) in [6.45, 7) is 12.0. The van der Waals surface area contributed by atoms with Gasteiger partial charge >= 0.3 is 0 Å². The topological polar surface area (TPSA) is 58.8 Å². The summed E-state index contributed by atoms with van der Waals surface area (Å²) in [7, 11) is 0. The van der Waals surface area contributed by atoms with Crippen LogP contribution >= 0.6 is 0 Å². The van der Waals surface area contributed by atoms with Crippen molar-refractivity contribution in [2.24, 2.45) is 0 Å². The first-order valence-electron chi connectivity index (χ1n) is 9.61. The molecule has 2 heterocycles. The lowest BCUT2D eigenvalue weighted by Gasteiger charge is -2.30. The Balaban J connectivity index is 1.90. The molecule has 6 heteroatoms. The van der Waals surface area contributed by atoms with Crippen molar-refractivity contribution in [2.45, 2.75) is 52.9 Å². The molecule has 0 radical (unpaired) electrons. The maximum absolute atomic E-state index is 12.9. The van der Waals surface area contributed by atoms with Crippen LogP contribution < -0.4 is 0 Å². The van der Waals surface area contributed by atoms with E-state index in [2.05, 4.69) is 17.0 Å². The molecule has 0 unspecified atom stereocenters. The van der Waals surface area contributed by atoms with Gasteiger partial charge in [0, 0.05) is 38.3 Å². The first-order chi connectivity index (χ1) is 12.1. The zero-order valence-corrected chi connectivity index (χ0v) is 16.1. The zero-order chi connectivity index (χ0) is 18.1. The number of nitrogens with zero attached hydrogens (tertiary/aromatic N) is 3. The van der Waals surface area contributed by atoms with Gasteiger partial charge in [-0.05, 0) is 20.3 Å². The smallest absolute Gasteiger partial charge is 0.227 e. The number of rotatable bonds is 10. The Labute approximate surface area is 151 Å². The van der Waals surface area contributed by atoms with Gasteiger partial charge in [-0.1, -0.05) is 31.3 Å². The van der Waals surface area contributed by atoms with Gasteiger partial charge in [-0.2, -0.15) is 0 Å². The molecule has 2 rings (SSSR count). The Kier molecular flexibility index (Phi) is 8.41. The van der Waals surface area contributed by atoms with E-state index in [0.29, 0.717) is 6.42 Å². The maximum Gasteiger partial charge on any atom is 0.227 e. The fourth-order valence-corrected chi connectivity index (χ4v) is 3.19. The van der Waals surface area contributed by atoms with Gasteiger partial charge in [0.15, 0.2) is 0 Å². The molecule has 1 aromatic rings. The number of carbonyl (C=O) groups is 1. The number of aromatic nitrogens is 1. The number of amides is 1. The lowest BCUT2D eigenvalue weighted by atomic mass is 10.1. The second kappa shape index (κ2) is 10.6. The average Bonchev–Trinajstić information content (AvgIpc) is 2.94. The Morgan fingerprint density at radius 3 is 2.56 bits per heavy atom. The van der Waals surface area contributed by atoms with E-state index in [-0.39, 0.29) is 5.91 Å². The number of ether oxygens (including phenoxy) is 1. The van der Waals surface area contributed by atoms with Crippen LogP contribution in [0.4, 0.5) is 0 Å². The monoisotopic (exact) mass is 351 g/mol. The van der Waals surface area contributed by atoms with Crippen molar-refractivity contribution in [3.8, 4) is 0 Å². The fourth-order valence-electron chi connectivity index (χ4n) is 3.19. The Bertz CT molecular complexity index is 504. The Morgan fingerprint density at radius 1 is 1.16 bits per heavy atom. The molecule has 1 amide bonds. The molecule has 1 fully saturated rings. The second-order valence-corrected chi connectivity index (χ2v) is 6.87. The van der Waals surface area contributed by atoms with Gasteiger partial charge in [-0.3, -0.25) is 9.69 Å². The van der Waals surface area contributed by atoms with Crippen LogP contribution in [0.2, 0.25) is 0 Å². The molecule has 0 spiro atoms. The molecule has 142 valence electrons. The van der Waals surface area contributed by atoms with Crippen LogP contribution in [0.25, 0.3) is 0 Å². The Morgan fingerprint density at radius 2 is 1.92 bits per heavy atom. The van der Waals surface area contributed by atoms with Crippen LogP contribution in [0.5, 0.6) is 0 Å². The van der Waals surface area contributed by atoms with E-state index in [0.717, 1.165) is 69.4 Å². The third-order valence-electron chi connectivity index (χ3n) is 4.93. The summed E-state index contributed by atoms with van der Waals surface area (Å²) in [5.74, 6) is 0.934. The SMILES string of the molecule is CCCCCCN(CCN1CCOCC1)C(=O)Cc1c(C)noc1C. The molecule has 0 aromatic carbocycles. The standard InChI is InChI=1S/C19H33N3O3/c1-4-5-6-7-8-22(10-9-21-11-13-24-14-12-21)19(23)15-18-16(2)20-25-17(18)3/h4-15H2,1-3H3. The van der Waals surface area contributed by atoms with Crippen LogP contribution in [0.1, 0.15) is 49.6 Å². The third kappa shape index (κ3) is 6.44. The fraction of sp³-hybridized carbons (Fsp3) is 0.789. The molecule has 0 saturated carbocycles. The minimum atomic E-state index is 0.180. The van der Waals surface area contributed by atoms with Crippen LogP contribution in [0, 0.1) is 13.8 Å². The lowest BCUT2D eigenvalue weighted by molar-refractivity contribution is -0.131. The molecule has 0 bridgehead atoms. The zero-order valence-electron chi connectivity index (χ0n) is 16.1. The molecule has 6 nitrogen and oxygen atoms in total. The minimum Gasteiger partial charge on any atom is -0.379 e. The van der Waals surface area contributed by atoms with Crippen molar-refractivity contribution in [1.82, 2.24) is 15.0 Å². The molecule has 0 aliphatic carbocycles. The van der Waals surface area contributed by atoms with Crippen molar-refractivity contribution in [1.29, 1.82) is 0 Å². The van der Waals surface area contributed by atoms with Crippen LogP contribution in [-0.2, 0) is 16.0 Å². The predicted molar refractivity (Wildman–Crippen MR) is 97.7 cm³/mol. The largest absolute Gasteiger partial charge is 0.379 e. The van der Waals surface area contributed by atoms with E-state index < -0.39 is 0 Å². The van der Waals surface area contributed by atoms with Gasteiger partial charge in [-0.15, -0.1) is 0 Å². The van der Waals surface area contributed by atoms with Crippen LogP contribution in [0.15, 0.2) is 4.52 Å². The number of hydrogen-bond donors (Lipinski definition) is 0. The second-order valence-electron chi connectivity index (χ2n) is 6.87. The van der Waals surface area contributed by atoms with Crippen molar-refractivity contribution in [3.05, 3.63) is 17.0 Å². The van der Waals surface area contributed by atoms with E-state index in [1.54, 1.807) is 0 Å². The number of morpholine rings is 1. The van der Waals surface area contributed by atoms with E-state index in [1.807, 2.05) is 18.7 Å². The highest BCUT2D eigenvalue weighted by Crippen LogP contribution is 2.14. The third-order valence-corrected chi connectivity index (χ3v) is 4.93. The molecule has 1 aliphatic rings. The van der Waals surface area contributed by atoms with Crippen molar-refractivity contribution in [2.75, 3.05) is 45.9 Å². The van der Waals surface area contributed by atoms with E-state index in [1.165, 1.54) is 19.3 Å². The molecule has 25 heavy (non-hydrogen) atoms. The molecule has 0 atom stereocenters. The summed E-state index contributed by atoms with van der Waals surface area (Å²) in [5, 5.41) is 3.97. The summed E-state index contributed by atoms with van der Waals surface area (Å²) in [6.07, 6.45) is 5.08. The van der Waals surface area contributed by atoms with Crippen LogP contribution in [-0.4, -0.2) is 66.8 Å². The maximum atomic E-state index is 12.9. The van der Waals surface area contributed by atoms with Gasteiger partial charge in [0.1, 0.15) is 5.76 Å². The molecular weight excluding hydrogens is 318 g/mol. The molecule has 1 aliphatic heterocycles. The summed E-state index contributed by atoms with van der Waals surface area (Å²) in [5.41, 5.74) is 1.76. The summed E-state index contributed by atoms with van der Waals surface area (Å²) >= 11 is 0. The summed E-state index contributed by atoms with van der Waals surface area (Å²) in [4.78, 5) is 17.3. The number of carbonyl (C=O) groups excluding carboxylic acids is 1. The number of hydrogen-bond acceptors (Lipinski definition) is 5. The lowest BCUT2D eigenvalue weighted by Crippen LogP contribution is -2.43. The molecule has 0 N–H and O–H groups in total. The molecular formula is C19H33N3O3. The predicted octanol–water partition coefficient (Wildman–Crippen LogP) is 2.58. The van der Waals surface area contributed by atoms with Gasteiger partial charge < -0.3 is 14.2 Å². The van der Waals surface area contributed by atoms with Crippen molar-refractivity contribution in [3.63, 3.8) is 0 Å². The van der Waals surface area contributed by atoms with Gasteiger partial charge in [0.25, 0.3) is 0 Å². The Hall–Kier alpha value is -1.40. The molecule has 1 saturated heterocycles. The summed E-state index contributed by atoms with van der Waals surface area (Å²) in [6, 6.07) is 0. The first kappa shape index (κ1) is 19.9. The minimum absolute atomic E-state index is 0.180. The van der Waals surface area contributed by atoms with E-state index in [4.69, 9.17) is 9.26 Å². The number of unbranched alkanes of at least 4 members (excludes halogenated alkanes) is 3. The highest BCUT2D eigenvalue weighted by atomic mass is 16.5. The van der Waals surface area contributed by atoms with Gasteiger partial charge in [-0.25, -0.2) is 0 Å². The van der Waals surface area contributed by atoms with E-state index in [9.17, 15) is 4.79 Å². The first-order valence-corrected chi connectivity index (χ1v) is 9.61. The van der Waals surface area contributed by atoms with Crippen LogP contribution in [0.3, 0.4) is 0 Å². The summed E-state index contributed by atoms with van der Waals surface area (Å²) < 4.78 is 10.6. The van der Waals surface area contributed by atoms with Gasteiger partial charge in [0.2, 0.25) is 5.91 Å². The van der Waals surface area contributed by atoms with Gasteiger partial charge in [0.05, 0.1) is 25.3 Å². The molecule has 1 aromatic heterocycles. The normalized spacial score (nSPS) is 15.5. The highest BCUT2D eigenvalue weighted by molar-refractivity contribution is 5.79. The number of aryl methyl sites for hydroxylation is 2. The average molecular weight is 351 g/mol. The highest BCUT2D eigenvalue weighted by Gasteiger charge is 2.20. The van der Waals surface area contributed by atoms with Crippen molar-refractivity contribution >= 4 is 5.91 Å². The quantitative estimate of drug-likeness (QED) is 0.607. The van der Waals surface area contributed by atoms with Crippen molar-refractivity contribution < 1.29 is 14.1 Å².